The standard InChI is InChI=1S/C24H25N5O2S/c1-15-7-6-8-16(2)22(15)31-14-21-27-28-24(29(21)25)32-17(3)23(30)26-20-12-11-18-9-4-5-10-19(18)13-20/h4-13,17H,14,25H2,1-3H3,(H,26,30). The van der Waals surface area contributed by atoms with Crippen molar-refractivity contribution in [2.75, 3.05) is 11.2 Å². The number of benzene rings is 3. The van der Waals surface area contributed by atoms with Gasteiger partial charge in [-0.05, 0) is 54.8 Å². The van der Waals surface area contributed by atoms with E-state index in [0.29, 0.717) is 11.0 Å². The Labute approximate surface area is 191 Å². The number of fused-ring (bicyclic) bond motifs is 1. The van der Waals surface area contributed by atoms with Crippen molar-refractivity contribution in [1.82, 2.24) is 14.9 Å². The van der Waals surface area contributed by atoms with Gasteiger partial charge in [0.2, 0.25) is 11.1 Å². The first kappa shape index (κ1) is 21.7. The van der Waals surface area contributed by atoms with Crippen LogP contribution in [0.5, 0.6) is 5.75 Å². The number of thioether (sulfide) groups is 1. The minimum Gasteiger partial charge on any atom is -0.485 e. The van der Waals surface area contributed by atoms with Crippen molar-refractivity contribution in [2.24, 2.45) is 0 Å². The van der Waals surface area contributed by atoms with Gasteiger partial charge in [-0.2, -0.15) is 0 Å². The summed E-state index contributed by atoms with van der Waals surface area (Å²) in [6, 6.07) is 19.8. The van der Waals surface area contributed by atoms with Crippen molar-refractivity contribution in [1.29, 1.82) is 0 Å². The van der Waals surface area contributed by atoms with Crippen molar-refractivity contribution in [3.63, 3.8) is 0 Å². The van der Waals surface area contributed by atoms with E-state index >= 15 is 0 Å². The zero-order chi connectivity index (χ0) is 22.7. The number of aryl methyl sites for hydroxylation is 2. The van der Waals surface area contributed by atoms with Gasteiger partial charge in [-0.15, -0.1) is 10.2 Å². The van der Waals surface area contributed by atoms with Crippen molar-refractivity contribution < 1.29 is 9.53 Å². The second-order valence-electron chi connectivity index (χ2n) is 7.59. The van der Waals surface area contributed by atoms with Crippen LogP contribution in [-0.4, -0.2) is 26.0 Å². The van der Waals surface area contributed by atoms with Crippen molar-refractivity contribution >= 4 is 34.1 Å². The highest BCUT2D eigenvalue weighted by molar-refractivity contribution is 8.00. The van der Waals surface area contributed by atoms with Crippen LogP contribution in [-0.2, 0) is 11.4 Å². The minimum absolute atomic E-state index is 0.137. The Bertz CT molecular complexity index is 1250. The predicted octanol–water partition coefficient (Wildman–Crippen LogP) is 4.46. The molecule has 3 N–H and O–H groups in total. The molecular formula is C24H25N5O2S. The molecule has 7 nitrogen and oxygen atoms in total. The summed E-state index contributed by atoms with van der Waals surface area (Å²) in [6.07, 6.45) is 0. The lowest BCUT2D eigenvalue weighted by molar-refractivity contribution is -0.115. The summed E-state index contributed by atoms with van der Waals surface area (Å²) in [6.45, 7) is 5.98. The maximum Gasteiger partial charge on any atom is 0.237 e. The topological polar surface area (TPSA) is 95.1 Å². The highest BCUT2D eigenvalue weighted by Crippen LogP contribution is 2.26. The van der Waals surface area contributed by atoms with Crippen LogP contribution in [0.2, 0.25) is 0 Å². The van der Waals surface area contributed by atoms with Gasteiger partial charge >= 0.3 is 0 Å². The first-order valence-corrected chi connectivity index (χ1v) is 11.1. The Morgan fingerprint density at radius 3 is 2.53 bits per heavy atom. The highest BCUT2D eigenvalue weighted by atomic mass is 32.2. The van der Waals surface area contributed by atoms with Gasteiger partial charge in [-0.3, -0.25) is 4.79 Å². The van der Waals surface area contributed by atoms with Crippen LogP contribution in [0.4, 0.5) is 5.69 Å². The number of ether oxygens (including phenoxy) is 1. The van der Waals surface area contributed by atoms with Crippen LogP contribution in [0.1, 0.15) is 23.9 Å². The lowest BCUT2D eigenvalue weighted by Gasteiger charge is -2.13. The molecule has 0 saturated heterocycles. The van der Waals surface area contributed by atoms with Gasteiger partial charge in [-0.1, -0.05) is 60.3 Å². The van der Waals surface area contributed by atoms with Crippen LogP contribution in [0.15, 0.2) is 65.8 Å². The third-order valence-electron chi connectivity index (χ3n) is 5.16. The molecule has 1 heterocycles. The van der Waals surface area contributed by atoms with Crippen LogP contribution < -0.4 is 15.9 Å². The zero-order valence-electron chi connectivity index (χ0n) is 18.2. The number of amides is 1. The van der Waals surface area contributed by atoms with E-state index in [-0.39, 0.29) is 12.5 Å². The largest absolute Gasteiger partial charge is 0.485 e. The van der Waals surface area contributed by atoms with Crippen molar-refractivity contribution in [3.05, 3.63) is 77.6 Å². The van der Waals surface area contributed by atoms with Gasteiger partial charge < -0.3 is 15.9 Å². The average Bonchev–Trinajstić information content (AvgIpc) is 3.12. The van der Waals surface area contributed by atoms with Gasteiger partial charge in [0.05, 0.1) is 5.25 Å². The summed E-state index contributed by atoms with van der Waals surface area (Å²) < 4.78 is 7.30. The molecule has 0 spiro atoms. The number of carbonyl (C=O) groups is 1. The number of nitrogens with zero attached hydrogens (tertiary/aromatic N) is 3. The third kappa shape index (κ3) is 4.70. The first-order chi connectivity index (χ1) is 15.4. The molecule has 0 fully saturated rings. The maximum absolute atomic E-state index is 12.7. The molecule has 8 heteroatoms. The molecule has 164 valence electrons. The summed E-state index contributed by atoms with van der Waals surface area (Å²) in [5.74, 6) is 7.32. The van der Waals surface area contributed by atoms with Crippen LogP contribution in [0.25, 0.3) is 10.8 Å². The predicted molar refractivity (Wildman–Crippen MR) is 128 cm³/mol. The van der Waals surface area contributed by atoms with Crippen molar-refractivity contribution in [3.8, 4) is 5.75 Å². The van der Waals surface area contributed by atoms with E-state index in [9.17, 15) is 4.79 Å². The number of hydrogen-bond donors (Lipinski definition) is 2. The lowest BCUT2D eigenvalue weighted by atomic mass is 10.1. The van der Waals surface area contributed by atoms with Crippen molar-refractivity contribution in [2.45, 2.75) is 37.8 Å². The number of aromatic nitrogens is 3. The molecule has 0 aliphatic heterocycles. The van der Waals surface area contributed by atoms with E-state index in [1.54, 1.807) is 0 Å². The molecule has 3 aromatic carbocycles. The minimum atomic E-state index is -0.416. The van der Waals surface area contributed by atoms with E-state index < -0.39 is 5.25 Å². The Kier molecular flexibility index (Phi) is 6.32. The number of carbonyl (C=O) groups excluding carboxylic acids is 1. The second kappa shape index (κ2) is 9.32. The van der Waals surface area contributed by atoms with Gasteiger partial charge in [0.25, 0.3) is 0 Å². The Balaban J connectivity index is 1.39. The quantitative estimate of drug-likeness (QED) is 0.321. The summed E-state index contributed by atoms with van der Waals surface area (Å²) in [7, 11) is 0. The van der Waals surface area contributed by atoms with E-state index in [2.05, 4.69) is 15.5 Å². The Morgan fingerprint density at radius 2 is 1.78 bits per heavy atom. The fourth-order valence-electron chi connectivity index (χ4n) is 3.37. The van der Waals surface area contributed by atoms with Gasteiger partial charge in [0.15, 0.2) is 5.82 Å². The zero-order valence-corrected chi connectivity index (χ0v) is 19.0. The molecule has 0 radical (unpaired) electrons. The normalized spacial score (nSPS) is 12.0. The molecule has 1 aromatic heterocycles. The number of hydrogen-bond acceptors (Lipinski definition) is 6. The van der Waals surface area contributed by atoms with Gasteiger partial charge in [0.1, 0.15) is 12.4 Å². The summed E-state index contributed by atoms with van der Waals surface area (Å²) in [5, 5.41) is 13.5. The molecule has 0 aliphatic carbocycles. The number of nitrogen functional groups attached to an aromatic ring is 1. The van der Waals surface area contributed by atoms with E-state index in [4.69, 9.17) is 10.6 Å². The average molecular weight is 448 g/mol. The number of rotatable bonds is 7. The molecule has 4 rings (SSSR count). The number of para-hydroxylation sites is 1. The maximum atomic E-state index is 12.7. The molecule has 1 unspecified atom stereocenters. The molecule has 1 atom stereocenters. The van der Waals surface area contributed by atoms with E-state index in [0.717, 1.165) is 33.3 Å². The fraction of sp³-hybridized carbons (Fsp3) is 0.208. The van der Waals surface area contributed by atoms with Crippen LogP contribution in [0, 0.1) is 13.8 Å². The summed E-state index contributed by atoms with van der Waals surface area (Å²) >= 11 is 1.25. The van der Waals surface area contributed by atoms with E-state index in [1.165, 1.54) is 16.4 Å². The summed E-state index contributed by atoms with van der Waals surface area (Å²) in [5.41, 5.74) is 2.83. The second-order valence-corrected chi connectivity index (χ2v) is 8.90. The number of nitrogens with one attached hydrogen (secondary N) is 1. The number of anilines is 1. The Morgan fingerprint density at radius 1 is 1.06 bits per heavy atom. The van der Waals surface area contributed by atoms with E-state index in [1.807, 2.05) is 81.4 Å². The van der Waals surface area contributed by atoms with Crippen LogP contribution >= 0.6 is 11.8 Å². The van der Waals surface area contributed by atoms with Gasteiger partial charge in [-0.25, -0.2) is 4.68 Å². The third-order valence-corrected chi connectivity index (χ3v) is 6.21. The molecule has 0 bridgehead atoms. The molecule has 32 heavy (non-hydrogen) atoms. The smallest absolute Gasteiger partial charge is 0.237 e. The summed E-state index contributed by atoms with van der Waals surface area (Å²) in [4.78, 5) is 12.7. The number of nitrogens with two attached hydrogens (primary N) is 1. The van der Waals surface area contributed by atoms with Crippen LogP contribution in [0.3, 0.4) is 0 Å². The molecule has 1 amide bonds. The lowest BCUT2D eigenvalue weighted by Crippen LogP contribution is -2.24. The SMILES string of the molecule is Cc1cccc(C)c1OCc1nnc(SC(C)C(=O)Nc2ccc3ccccc3c2)n1N. The monoisotopic (exact) mass is 447 g/mol. The fourth-order valence-corrected chi connectivity index (χ4v) is 4.16. The Hall–Kier alpha value is -3.52. The van der Waals surface area contributed by atoms with Gasteiger partial charge in [0, 0.05) is 5.69 Å². The highest BCUT2D eigenvalue weighted by Gasteiger charge is 2.20. The first-order valence-electron chi connectivity index (χ1n) is 10.3. The molecule has 0 saturated carbocycles. The molecule has 0 aliphatic rings. The molecular weight excluding hydrogens is 422 g/mol. The molecule has 4 aromatic rings.